The molecule has 0 aromatic heterocycles. The number of rotatable bonds is 8. The molecule has 9 heteroatoms. The first kappa shape index (κ1) is 26.0. The fourth-order valence-electron chi connectivity index (χ4n) is 5.62. The summed E-state index contributed by atoms with van der Waals surface area (Å²) in [5.41, 5.74) is 3.43. The number of fused-ring (bicyclic) bond motifs is 2. The van der Waals surface area contributed by atoms with Gasteiger partial charge in [0.2, 0.25) is 5.91 Å². The summed E-state index contributed by atoms with van der Waals surface area (Å²) < 4.78 is 24.7. The standard InChI is InChI=1S/C31H28N2O6S/c1-38-22-14-12-20(13-15-22)18-39-31(36)27-24-17-23(21-10-6-3-7-11-21)28(24)40(37)30-26(29(35)33(27)30)32-25(34)16-19-8-4-2-5-9-19/h2-15,23,26,28,30H,16-18H2,1H3,(H,32,34)/t23?,26-,28+,30-,40?/m1/s1. The normalized spacial score (nSPS) is 24.7. The van der Waals surface area contributed by atoms with Crippen LogP contribution in [0.15, 0.2) is 96.2 Å². The molecule has 1 saturated carbocycles. The average Bonchev–Trinajstić information content (AvgIpc) is 2.96. The van der Waals surface area contributed by atoms with Crippen molar-refractivity contribution in [2.75, 3.05) is 7.11 Å². The van der Waals surface area contributed by atoms with Gasteiger partial charge in [-0.3, -0.25) is 18.7 Å². The van der Waals surface area contributed by atoms with Crippen LogP contribution < -0.4 is 10.1 Å². The number of benzene rings is 3. The Kier molecular flexibility index (Phi) is 6.98. The van der Waals surface area contributed by atoms with Crippen molar-refractivity contribution in [3.8, 4) is 5.75 Å². The Hall–Kier alpha value is -4.24. The zero-order chi connectivity index (χ0) is 27.8. The van der Waals surface area contributed by atoms with Crippen molar-refractivity contribution >= 4 is 28.6 Å². The maximum atomic E-state index is 13.9. The predicted octanol–water partition coefficient (Wildman–Crippen LogP) is 3.21. The number of hydrogen-bond acceptors (Lipinski definition) is 6. The molecule has 5 atom stereocenters. The molecule has 2 amide bonds. The maximum absolute atomic E-state index is 13.9. The molecule has 204 valence electrons. The van der Waals surface area contributed by atoms with E-state index in [2.05, 4.69) is 5.32 Å². The summed E-state index contributed by atoms with van der Waals surface area (Å²) in [6, 6.07) is 25.1. The third-order valence-electron chi connectivity index (χ3n) is 7.70. The van der Waals surface area contributed by atoms with E-state index in [0.29, 0.717) is 17.7 Å². The summed E-state index contributed by atoms with van der Waals surface area (Å²) in [5, 5.41) is 1.50. The van der Waals surface area contributed by atoms with Gasteiger partial charge in [-0.2, -0.15) is 0 Å². The van der Waals surface area contributed by atoms with Gasteiger partial charge in [-0.1, -0.05) is 72.8 Å². The van der Waals surface area contributed by atoms with E-state index in [4.69, 9.17) is 9.47 Å². The van der Waals surface area contributed by atoms with Gasteiger partial charge in [0.05, 0.1) is 29.6 Å². The van der Waals surface area contributed by atoms with Gasteiger partial charge in [0.15, 0.2) is 0 Å². The van der Waals surface area contributed by atoms with Crippen molar-refractivity contribution in [1.29, 1.82) is 0 Å². The number of hydrogen-bond donors (Lipinski definition) is 1. The molecule has 2 unspecified atom stereocenters. The van der Waals surface area contributed by atoms with E-state index in [1.807, 2.05) is 60.7 Å². The summed E-state index contributed by atoms with van der Waals surface area (Å²) in [4.78, 5) is 40.9. The number of methoxy groups -OCH3 is 1. The second-order valence-electron chi connectivity index (χ2n) is 10.1. The highest BCUT2D eigenvalue weighted by molar-refractivity contribution is 7.86. The molecule has 2 fully saturated rings. The van der Waals surface area contributed by atoms with Crippen molar-refractivity contribution in [2.45, 2.75) is 42.0 Å². The van der Waals surface area contributed by atoms with Crippen LogP contribution in [0.5, 0.6) is 5.75 Å². The van der Waals surface area contributed by atoms with Gasteiger partial charge < -0.3 is 14.8 Å². The number of carbonyl (C=O) groups excluding carboxylic acids is 3. The molecule has 3 aromatic rings. The fraction of sp³-hybridized carbons (Fsp3) is 0.258. The molecule has 0 radical (unpaired) electrons. The molecular weight excluding hydrogens is 528 g/mol. The lowest BCUT2D eigenvalue weighted by Gasteiger charge is -2.55. The highest BCUT2D eigenvalue weighted by atomic mass is 32.2. The van der Waals surface area contributed by atoms with Crippen molar-refractivity contribution in [2.24, 2.45) is 0 Å². The topological polar surface area (TPSA) is 102 Å². The number of nitrogens with one attached hydrogen (secondary N) is 1. The quantitative estimate of drug-likeness (QED) is 0.338. The molecule has 40 heavy (non-hydrogen) atoms. The van der Waals surface area contributed by atoms with Crippen molar-refractivity contribution in [3.63, 3.8) is 0 Å². The molecule has 2 aliphatic heterocycles. The van der Waals surface area contributed by atoms with Gasteiger partial charge in [0.25, 0.3) is 5.91 Å². The summed E-state index contributed by atoms with van der Waals surface area (Å²) in [6.07, 6.45) is 0.604. The number of carbonyl (C=O) groups is 3. The average molecular weight is 557 g/mol. The van der Waals surface area contributed by atoms with Crippen LogP contribution in [0.1, 0.15) is 29.0 Å². The van der Waals surface area contributed by atoms with E-state index in [0.717, 1.165) is 16.7 Å². The number of nitrogens with zero attached hydrogens (tertiary/aromatic N) is 1. The molecule has 6 rings (SSSR count). The summed E-state index contributed by atoms with van der Waals surface area (Å²) >= 11 is 0. The fourth-order valence-corrected chi connectivity index (χ4v) is 7.86. The number of β-lactam (4-membered cyclic amide) rings is 1. The van der Waals surface area contributed by atoms with Gasteiger partial charge in [-0.05, 0) is 40.8 Å². The lowest BCUT2D eigenvalue weighted by atomic mass is 9.73. The molecular formula is C31H28N2O6S. The molecule has 1 saturated heterocycles. The van der Waals surface area contributed by atoms with Gasteiger partial charge in [0.1, 0.15) is 29.5 Å². The second kappa shape index (κ2) is 10.7. The van der Waals surface area contributed by atoms with Crippen molar-refractivity contribution < 1.29 is 28.1 Å². The molecule has 0 bridgehead atoms. The molecule has 8 nitrogen and oxygen atoms in total. The van der Waals surface area contributed by atoms with Crippen LogP contribution in [0.4, 0.5) is 0 Å². The first-order valence-electron chi connectivity index (χ1n) is 13.1. The zero-order valence-electron chi connectivity index (χ0n) is 21.8. The molecule has 3 aromatic carbocycles. The number of amides is 2. The first-order valence-corrected chi connectivity index (χ1v) is 14.4. The Morgan fingerprint density at radius 3 is 2.30 bits per heavy atom. The van der Waals surface area contributed by atoms with Crippen molar-refractivity contribution in [3.05, 3.63) is 113 Å². The minimum atomic E-state index is -1.53. The minimum absolute atomic E-state index is 0.0133. The number of ether oxygens (including phenoxy) is 2. The van der Waals surface area contributed by atoms with Crippen LogP contribution in [0.25, 0.3) is 0 Å². The van der Waals surface area contributed by atoms with E-state index >= 15 is 0 Å². The molecule has 1 N–H and O–H groups in total. The highest BCUT2D eigenvalue weighted by Crippen LogP contribution is 2.53. The predicted molar refractivity (Wildman–Crippen MR) is 148 cm³/mol. The molecule has 0 spiro atoms. The number of esters is 1. The van der Waals surface area contributed by atoms with E-state index in [-0.39, 0.29) is 30.5 Å². The monoisotopic (exact) mass is 556 g/mol. The maximum Gasteiger partial charge on any atom is 0.355 e. The Labute approximate surface area is 234 Å². The molecule has 2 heterocycles. The Morgan fingerprint density at radius 1 is 0.950 bits per heavy atom. The smallest absolute Gasteiger partial charge is 0.355 e. The summed E-state index contributed by atoms with van der Waals surface area (Å²) in [6.45, 7) is 0.0133. The van der Waals surface area contributed by atoms with Gasteiger partial charge in [0, 0.05) is 5.92 Å². The molecule has 1 aliphatic carbocycles. The Morgan fingerprint density at radius 2 is 1.62 bits per heavy atom. The third kappa shape index (κ3) is 4.60. The van der Waals surface area contributed by atoms with Crippen LogP contribution in [0.2, 0.25) is 0 Å². The van der Waals surface area contributed by atoms with E-state index in [1.54, 1.807) is 31.4 Å². The lowest BCUT2D eigenvalue weighted by molar-refractivity contribution is -0.154. The Balaban J connectivity index is 1.25. The van der Waals surface area contributed by atoms with Crippen LogP contribution in [-0.2, 0) is 42.9 Å². The lowest BCUT2D eigenvalue weighted by Crippen LogP contribution is -2.75. The summed E-state index contributed by atoms with van der Waals surface area (Å²) in [7, 11) is 0.0443. The molecule has 3 aliphatic rings. The largest absolute Gasteiger partial charge is 0.497 e. The Bertz CT molecular complexity index is 1510. The minimum Gasteiger partial charge on any atom is -0.497 e. The van der Waals surface area contributed by atoms with E-state index in [9.17, 15) is 18.6 Å². The second-order valence-corrected chi connectivity index (χ2v) is 11.7. The van der Waals surface area contributed by atoms with Gasteiger partial charge in [-0.25, -0.2) is 4.79 Å². The van der Waals surface area contributed by atoms with Gasteiger partial charge >= 0.3 is 5.97 Å². The van der Waals surface area contributed by atoms with E-state index < -0.39 is 39.3 Å². The highest BCUT2D eigenvalue weighted by Gasteiger charge is 2.63. The van der Waals surface area contributed by atoms with Crippen LogP contribution in [0.3, 0.4) is 0 Å². The first-order chi connectivity index (χ1) is 19.5. The van der Waals surface area contributed by atoms with Gasteiger partial charge in [-0.15, -0.1) is 0 Å². The van der Waals surface area contributed by atoms with Crippen LogP contribution in [0, 0.1) is 0 Å². The van der Waals surface area contributed by atoms with Crippen LogP contribution in [-0.4, -0.2) is 50.7 Å². The summed E-state index contributed by atoms with van der Waals surface area (Å²) in [5.74, 6) is -0.794. The van der Waals surface area contributed by atoms with Crippen molar-refractivity contribution in [1.82, 2.24) is 10.2 Å². The SMILES string of the molecule is COc1ccc(COC(=O)C2=C3CC(c4ccccc4)[C@@H]3S(=O)[C@@H]3[C@H](NC(=O)Cc4ccccc4)C(=O)N23)cc1. The zero-order valence-corrected chi connectivity index (χ0v) is 22.6. The van der Waals surface area contributed by atoms with Crippen LogP contribution >= 0.6 is 0 Å². The third-order valence-corrected chi connectivity index (χ3v) is 9.77. The van der Waals surface area contributed by atoms with E-state index in [1.165, 1.54) is 4.90 Å².